The molecular formula is C17H25IN4. The van der Waals surface area contributed by atoms with Crippen LogP contribution in [0, 0.1) is 12.3 Å². The third-order valence-electron chi connectivity index (χ3n) is 3.67. The zero-order chi connectivity index (χ0) is 15.1. The van der Waals surface area contributed by atoms with Crippen molar-refractivity contribution in [3.05, 3.63) is 29.8 Å². The van der Waals surface area contributed by atoms with Gasteiger partial charge in [-0.25, -0.2) is 0 Å². The van der Waals surface area contributed by atoms with Gasteiger partial charge >= 0.3 is 0 Å². The molecule has 0 amide bonds. The van der Waals surface area contributed by atoms with E-state index in [1.54, 1.807) is 0 Å². The maximum atomic E-state index is 5.28. The maximum absolute atomic E-state index is 5.28. The number of nitrogens with one attached hydrogen (secondary N) is 2. The Balaban J connectivity index is 0.00000242. The molecule has 0 aromatic heterocycles. The van der Waals surface area contributed by atoms with E-state index in [0.717, 1.165) is 32.0 Å². The molecule has 1 atom stereocenters. The Morgan fingerprint density at radius 1 is 1.41 bits per heavy atom. The lowest BCUT2D eigenvalue weighted by Crippen LogP contribution is -2.39. The van der Waals surface area contributed by atoms with Crippen LogP contribution in [0.3, 0.4) is 0 Å². The molecule has 1 aliphatic heterocycles. The Labute approximate surface area is 150 Å². The number of anilines is 1. The SMILES string of the molecule is C#CCNC(=NCC(C)N1CCc2ccccc21)NCC.I. The lowest BCUT2D eigenvalue weighted by atomic mass is 10.2. The van der Waals surface area contributed by atoms with Crippen molar-refractivity contribution >= 4 is 35.6 Å². The third-order valence-corrected chi connectivity index (χ3v) is 3.67. The van der Waals surface area contributed by atoms with Crippen LogP contribution in [0.4, 0.5) is 5.69 Å². The number of guanidine groups is 1. The summed E-state index contributed by atoms with van der Waals surface area (Å²) < 4.78 is 0. The maximum Gasteiger partial charge on any atom is 0.192 e. The van der Waals surface area contributed by atoms with Crippen molar-refractivity contribution in [3.63, 3.8) is 0 Å². The molecule has 2 N–H and O–H groups in total. The number of halogens is 1. The molecule has 0 saturated heterocycles. The highest BCUT2D eigenvalue weighted by molar-refractivity contribution is 14.0. The highest BCUT2D eigenvalue weighted by Crippen LogP contribution is 2.29. The first-order chi connectivity index (χ1) is 10.3. The molecule has 2 rings (SSSR count). The second-order valence-corrected chi connectivity index (χ2v) is 5.20. The van der Waals surface area contributed by atoms with Gasteiger partial charge in [0.1, 0.15) is 0 Å². The molecule has 0 bridgehead atoms. The minimum atomic E-state index is 0. The smallest absolute Gasteiger partial charge is 0.192 e. The summed E-state index contributed by atoms with van der Waals surface area (Å²) in [6, 6.07) is 8.99. The van der Waals surface area contributed by atoms with Gasteiger partial charge in [0.05, 0.1) is 13.1 Å². The molecule has 1 aromatic carbocycles. The number of terminal acetylenes is 1. The summed E-state index contributed by atoms with van der Waals surface area (Å²) in [5, 5.41) is 6.33. The van der Waals surface area contributed by atoms with Crippen molar-refractivity contribution in [1.82, 2.24) is 10.6 Å². The van der Waals surface area contributed by atoms with Crippen LogP contribution in [0.25, 0.3) is 0 Å². The van der Waals surface area contributed by atoms with E-state index < -0.39 is 0 Å². The van der Waals surface area contributed by atoms with Gasteiger partial charge in [0.25, 0.3) is 0 Å². The van der Waals surface area contributed by atoms with E-state index in [1.165, 1.54) is 11.3 Å². The third kappa shape index (κ3) is 4.80. The van der Waals surface area contributed by atoms with Crippen LogP contribution < -0.4 is 15.5 Å². The number of para-hydroxylation sites is 1. The van der Waals surface area contributed by atoms with Crippen LogP contribution in [0.15, 0.2) is 29.3 Å². The normalized spacial score (nSPS) is 14.6. The van der Waals surface area contributed by atoms with Crippen molar-refractivity contribution in [1.29, 1.82) is 0 Å². The zero-order valence-corrected chi connectivity index (χ0v) is 15.6. The number of nitrogens with zero attached hydrogens (tertiary/aromatic N) is 2. The van der Waals surface area contributed by atoms with E-state index in [0.29, 0.717) is 12.6 Å². The fourth-order valence-electron chi connectivity index (χ4n) is 2.62. The Morgan fingerprint density at radius 3 is 2.91 bits per heavy atom. The molecule has 0 fully saturated rings. The molecule has 120 valence electrons. The Kier molecular flexibility index (Phi) is 8.10. The number of rotatable bonds is 5. The van der Waals surface area contributed by atoms with Gasteiger partial charge in [0.2, 0.25) is 0 Å². The van der Waals surface area contributed by atoms with Gasteiger partial charge in [0.15, 0.2) is 5.96 Å². The minimum Gasteiger partial charge on any atom is -0.366 e. The molecule has 22 heavy (non-hydrogen) atoms. The molecule has 0 aliphatic carbocycles. The summed E-state index contributed by atoms with van der Waals surface area (Å²) in [5.74, 6) is 3.36. The number of benzene rings is 1. The van der Waals surface area contributed by atoms with Crippen molar-refractivity contribution in [2.75, 3.05) is 31.1 Å². The fourth-order valence-corrected chi connectivity index (χ4v) is 2.62. The average Bonchev–Trinajstić information content (AvgIpc) is 2.94. The topological polar surface area (TPSA) is 39.7 Å². The molecule has 0 spiro atoms. The molecular weight excluding hydrogens is 387 g/mol. The summed E-state index contributed by atoms with van der Waals surface area (Å²) in [7, 11) is 0. The fraction of sp³-hybridized carbons (Fsp3) is 0.471. The summed E-state index contributed by atoms with van der Waals surface area (Å²) >= 11 is 0. The largest absolute Gasteiger partial charge is 0.366 e. The molecule has 1 aromatic rings. The van der Waals surface area contributed by atoms with Crippen molar-refractivity contribution < 1.29 is 0 Å². The molecule has 1 aliphatic rings. The summed E-state index contributed by atoms with van der Waals surface area (Å²) in [6.07, 6.45) is 6.40. The number of aliphatic imine (C=N–C) groups is 1. The molecule has 5 heteroatoms. The standard InChI is InChI=1S/C17H24N4.HI/c1-4-11-19-17(18-5-2)20-13-14(3)21-12-10-15-8-6-7-9-16(15)21;/h1,6-9,14H,5,10-13H2,2-3H3,(H2,18,19,20);1H. The highest BCUT2D eigenvalue weighted by Gasteiger charge is 2.22. The first-order valence-corrected chi connectivity index (χ1v) is 7.56. The molecule has 1 unspecified atom stereocenters. The van der Waals surface area contributed by atoms with Gasteiger partial charge in [0, 0.05) is 24.8 Å². The summed E-state index contributed by atoms with van der Waals surface area (Å²) in [5.41, 5.74) is 2.78. The van der Waals surface area contributed by atoms with Gasteiger partial charge in [-0.1, -0.05) is 24.1 Å². The highest BCUT2D eigenvalue weighted by atomic mass is 127. The number of hydrogen-bond acceptors (Lipinski definition) is 2. The minimum absolute atomic E-state index is 0. The Hall–Kier alpha value is -1.42. The predicted molar refractivity (Wildman–Crippen MR) is 105 cm³/mol. The molecule has 0 radical (unpaired) electrons. The predicted octanol–water partition coefficient (Wildman–Crippen LogP) is 2.24. The van der Waals surface area contributed by atoms with E-state index in [-0.39, 0.29) is 24.0 Å². The van der Waals surface area contributed by atoms with E-state index >= 15 is 0 Å². The lowest BCUT2D eigenvalue weighted by Gasteiger charge is -2.26. The first-order valence-electron chi connectivity index (χ1n) is 7.56. The Morgan fingerprint density at radius 2 is 2.18 bits per heavy atom. The Bertz CT molecular complexity index is 536. The van der Waals surface area contributed by atoms with Crippen LogP contribution in [-0.4, -0.2) is 38.2 Å². The van der Waals surface area contributed by atoms with Crippen LogP contribution >= 0.6 is 24.0 Å². The molecule has 4 nitrogen and oxygen atoms in total. The van der Waals surface area contributed by atoms with Gasteiger partial charge in [-0.2, -0.15) is 0 Å². The van der Waals surface area contributed by atoms with E-state index in [9.17, 15) is 0 Å². The van der Waals surface area contributed by atoms with Crippen LogP contribution in [0.5, 0.6) is 0 Å². The summed E-state index contributed by atoms with van der Waals surface area (Å²) in [6.45, 7) is 7.41. The van der Waals surface area contributed by atoms with E-state index in [4.69, 9.17) is 6.42 Å². The zero-order valence-electron chi connectivity index (χ0n) is 13.3. The van der Waals surface area contributed by atoms with Crippen LogP contribution in [0.2, 0.25) is 0 Å². The van der Waals surface area contributed by atoms with Crippen molar-refractivity contribution in [3.8, 4) is 12.3 Å². The molecule has 1 heterocycles. The number of hydrogen-bond donors (Lipinski definition) is 2. The monoisotopic (exact) mass is 412 g/mol. The van der Waals surface area contributed by atoms with E-state index in [2.05, 4.69) is 57.6 Å². The molecule has 0 saturated carbocycles. The average molecular weight is 412 g/mol. The second-order valence-electron chi connectivity index (χ2n) is 5.20. The van der Waals surface area contributed by atoms with Gasteiger partial charge < -0.3 is 15.5 Å². The van der Waals surface area contributed by atoms with Gasteiger partial charge in [-0.15, -0.1) is 30.4 Å². The van der Waals surface area contributed by atoms with Crippen LogP contribution in [-0.2, 0) is 6.42 Å². The second kappa shape index (κ2) is 9.57. The summed E-state index contributed by atoms with van der Waals surface area (Å²) in [4.78, 5) is 7.06. The van der Waals surface area contributed by atoms with Gasteiger partial charge in [-0.3, -0.25) is 4.99 Å². The lowest BCUT2D eigenvalue weighted by molar-refractivity contribution is 0.659. The van der Waals surface area contributed by atoms with Crippen LogP contribution in [0.1, 0.15) is 19.4 Å². The van der Waals surface area contributed by atoms with E-state index in [1.807, 2.05) is 6.92 Å². The number of fused-ring (bicyclic) bond motifs is 1. The van der Waals surface area contributed by atoms with Crippen molar-refractivity contribution in [2.24, 2.45) is 4.99 Å². The van der Waals surface area contributed by atoms with Gasteiger partial charge in [-0.05, 0) is 31.9 Å². The first kappa shape index (κ1) is 18.6. The quantitative estimate of drug-likeness (QED) is 0.337. The van der Waals surface area contributed by atoms with Crippen molar-refractivity contribution in [2.45, 2.75) is 26.3 Å².